The van der Waals surface area contributed by atoms with E-state index in [1.807, 2.05) is 0 Å². The molecule has 1 N–H and O–H groups in total. The molecule has 0 aliphatic carbocycles. The second-order valence-electron chi connectivity index (χ2n) is 6.14. The smallest absolute Gasteiger partial charge is 0.0221 e. The topological polar surface area (TPSA) is 18.5 Å². The van der Waals surface area contributed by atoms with E-state index in [1.165, 1.54) is 58.4 Å². The Labute approximate surface area is 113 Å². The zero-order valence-corrected chi connectivity index (χ0v) is 12.5. The molecule has 0 radical (unpaired) electrons. The van der Waals surface area contributed by atoms with Crippen LogP contribution >= 0.6 is 0 Å². The summed E-state index contributed by atoms with van der Waals surface area (Å²) in [7, 11) is 0. The minimum absolute atomic E-state index is 0.668. The summed E-state index contributed by atoms with van der Waals surface area (Å²) in [5, 5.41) is 3.63. The van der Waals surface area contributed by atoms with Crippen molar-refractivity contribution in [2.75, 3.05) is 32.7 Å². The standard InChI is InChI=1S/C15H31N3/c1-4-8-17-9-6-15(7-10-17)18-12-13(3)16-11-14(18)5-2/h13-16H,4-12H2,1-3H3. The summed E-state index contributed by atoms with van der Waals surface area (Å²) in [5.74, 6) is 0. The summed E-state index contributed by atoms with van der Waals surface area (Å²) in [5.41, 5.74) is 0. The van der Waals surface area contributed by atoms with Gasteiger partial charge in [-0.05, 0) is 52.2 Å². The predicted molar refractivity (Wildman–Crippen MR) is 78.0 cm³/mol. The highest BCUT2D eigenvalue weighted by molar-refractivity contribution is 4.90. The quantitative estimate of drug-likeness (QED) is 0.826. The van der Waals surface area contributed by atoms with Gasteiger partial charge in [0.1, 0.15) is 0 Å². The second kappa shape index (κ2) is 6.88. The van der Waals surface area contributed by atoms with Crippen LogP contribution < -0.4 is 5.32 Å². The van der Waals surface area contributed by atoms with Crippen LogP contribution in [0.15, 0.2) is 0 Å². The van der Waals surface area contributed by atoms with Gasteiger partial charge in [0.2, 0.25) is 0 Å². The lowest BCUT2D eigenvalue weighted by Crippen LogP contribution is -2.60. The Morgan fingerprint density at radius 2 is 1.89 bits per heavy atom. The lowest BCUT2D eigenvalue weighted by Gasteiger charge is -2.46. The maximum Gasteiger partial charge on any atom is 0.0221 e. The van der Waals surface area contributed by atoms with Crippen LogP contribution in [0, 0.1) is 0 Å². The van der Waals surface area contributed by atoms with Gasteiger partial charge in [-0.15, -0.1) is 0 Å². The van der Waals surface area contributed by atoms with Crippen molar-refractivity contribution in [1.82, 2.24) is 15.1 Å². The fourth-order valence-electron chi connectivity index (χ4n) is 3.60. The first-order chi connectivity index (χ1) is 8.74. The Morgan fingerprint density at radius 1 is 1.17 bits per heavy atom. The molecule has 2 unspecified atom stereocenters. The van der Waals surface area contributed by atoms with Crippen molar-refractivity contribution >= 4 is 0 Å². The normalized spacial score (nSPS) is 32.8. The molecule has 0 bridgehead atoms. The fraction of sp³-hybridized carbons (Fsp3) is 1.00. The second-order valence-corrected chi connectivity index (χ2v) is 6.14. The third-order valence-electron chi connectivity index (χ3n) is 4.69. The van der Waals surface area contributed by atoms with E-state index in [4.69, 9.17) is 0 Å². The van der Waals surface area contributed by atoms with Gasteiger partial charge in [-0.25, -0.2) is 0 Å². The highest BCUT2D eigenvalue weighted by Crippen LogP contribution is 2.22. The van der Waals surface area contributed by atoms with Gasteiger partial charge in [-0.3, -0.25) is 4.90 Å². The maximum atomic E-state index is 3.63. The van der Waals surface area contributed by atoms with Gasteiger partial charge in [0.25, 0.3) is 0 Å². The van der Waals surface area contributed by atoms with Gasteiger partial charge >= 0.3 is 0 Å². The first-order valence-electron chi connectivity index (χ1n) is 7.96. The van der Waals surface area contributed by atoms with Gasteiger partial charge in [-0.1, -0.05) is 13.8 Å². The van der Waals surface area contributed by atoms with E-state index in [9.17, 15) is 0 Å². The molecular weight excluding hydrogens is 222 g/mol. The number of hydrogen-bond donors (Lipinski definition) is 1. The molecule has 2 rings (SSSR count). The van der Waals surface area contributed by atoms with Crippen LogP contribution in [0.3, 0.4) is 0 Å². The first kappa shape index (κ1) is 14.3. The molecule has 3 nitrogen and oxygen atoms in total. The van der Waals surface area contributed by atoms with Crippen LogP contribution in [0.25, 0.3) is 0 Å². The van der Waals surface area contributed by atoms with E-state index in [0.717, 1.165) is 12.1 Å². The molecule has 0 aromatic rings. The third-order valence-corrected chi connectivity index (χ3v) is 4.69. The van der Waals surface area contributed by atoms with Crippen molar-refractivity contribution in [1.29, 1.82) is 0 Å². The SMILES string of the molecule is CCCN1CCC(N2CC(C)NCC2CC)CC1. The average Bonchev–Trinajstić information content (AvgIpc) is 2.40. The molecule has 18 heavy (non-hydrogen) atoms. The Hall–Kier alpha value is -0.120. The predicted octanol–water partition coefficient (Wildman–Crippen LogP) is 1.93. The molecule has 0 saturated carbocycles. The summed E-state index contributed by atoms with van der Waals surface area (Å²) in [6, 6.07) is 2.28. The number of hydrogen-bond acceptors (Lipinski definition) is 3. The lowest BCUT2D eigenvalue weighted by molar-refractivity contribution is 0.0433. The summed E-state index contributed by atoms with van der Waals surface area (Å²) in [4.78, 5) is 5.45. The van der Waals surface area contributed by atoms with Crippen molar-refractivity contribution in [3.63, 3.8) is 0 Å². The van der Waals surface area contributed by atoms with Crippen LogP contribution in [-0.4, -0.2) is 60.6 Å². The number of piperidine rings is 1. The van der Waals surface area contributed by atoms with Crippen molar-refractivity contribution in [2.24, 2.45) is 0 Å². The van der Waals surface area contributed by atoms with Gasteiger partial charge in [0, 0.05) is 31.2 Å². The highest BCUT2D eigenvalue weighted by Gasteiger charge is 2.32. The molecule has 2 atom stereocenters. The first-order valence-corrected chi connectivity index (χ1v) is 7.96. The van der Waals surface area contributed by atoms with E-state index < -0.39 is 0 Å². The van der Waals surface area contributed by atoms with E-state index in [-0.39, 0.29) is 0 Å². The summed E-state index contributed by atoms with van der Waals surface area (Å²) in [6.07, 6.45) is 5.34. The highest BCUT2D eigenvalue weighted by atomic mass is 15.3. The molecule has 0 spiro atoms. The molecule has 2 aliphatic heterocycles. The van der Waals surface area contributed by atoms with E-state index in [1.54, 1.807) is 0 Å². The van der Waals surface area contributed by atoms with Gasteiger partial charge in [0.15, 0.2) is 0 Å². The monoisotopic (exact) mass is 253 g/mol. The Bertz CT molecular complexity index is 236. The number of nitrogens with zero attached hydrogens (tertiary/aromatic N) is 2. The van der Waals surface area contributed by atoms with E-state index in [2.05, 4.69) is 35.9 Å². The van der Waals surface area contributed by atoms with Crippen LogP contribution in [-0.2, 0) is 0 Å². The Kier molecular flexibility index (Phi) is 5.46. The number of likely N-dealkylation sites (tertiary alicyclic amines) is 1. The van der Waals surface area contributed by atoms with Gasteiger partial charge in [-0.2, -0.15) is 0 Å². The van der Waals surface area contributed by atoms with E-state index in [0.29, 0.717) is 6.04 Å². The van der Waals surface area contributed by atoms with Crippen LogP contribution in [0.1, 0.15) is 46.5 Å². The molecule has 0 aromatic carbocycles. The molecular formula is C15H31N3. The number of nitrogens with one attached hydrogen (secondary N) is 1. The van der Waals surface area contributed by atoms with Crippen molar-refractivity contribution in [2.45, 2.75) is 64.6 Å². The molecule has 2 fully saturated rings. The zero-order chi connectivity index (χ0) is 13.0. The summed E-state index contributed by atoms with van der Waals surface area (Å²) >= 11 is 0. The Balaban J connectivity index is 1.86. The minimum atomic E-state index is 0.668. The van der Waals surface area contributed by atoms with Gasteiger partial charge in [0.05, 0.1) is 0 Å². The molecule has 0 amide bonds. The minimum Gasteiger partial charge on any atom is -0.311 e. The zero-order valence-electron chi connectivity index (χ0n) is 12.5. The number of piperazine rings is 1. The average molecular weight is 253 g/mol. The van der Waals surface area contributed by atoms with Crippen LogP contribution in [0.2, 0.25) is 0 Å². The maximum absolute atomic E-state index is 3.63. The summed E-state index contributed by atoms with van der Waals surface area (Å²) < 4.78 is 0. The number of rotatable bonds is 4. The van der Waals surface area contributed by atoms with Crippen molar-refractivity contribution in [3.8, 4) is 0 Å². The van der Waals surface area contributed by atoms with E-state index >= 15 is 0 Å². The molecule has 106 valence electrons. The van der Waals surface area contributed by atoms with Crippen molar-refractivity contribution < 1.29 is 0 Å². The molecule has 2 aliphatic rings. The van der Waals surface area contributed by atoms with Crippen molar-refractivity contribution in [3.05, 3.63) is 0 Å². The largest absolute Gasteiger partial charge is 0.311 e. The van der Waals surface area contributed by atoms with Gasteiger partial charge < -0.3 is 10.2 Å². The third kappa shape index (κ3) is 3.46. The molecule has 0 aromatic heterocycles. The van der Waals surface area contributed by atoms with Crippen LogP contribution in [0.4, 0.5) is 0 Å². The fourth-order valence-corrected chi connectivity index (χ4v) is 3.60. The molecule has 3 heteroatoms. The summed E-state index contributed by atoms with van der Waals surface area (Å²) in [6.45, 7) is 13.3. The van der Waals surface area contributed by atoms with Crippen LogP contribution in [0.5, 0.6) is 0 Å². The Morgan fingerprint density at radius 3 is 2.50 bits per heavy atom. The lowest BCUT2D eigenvalue weighted by atomic mass is 9.97. The molecule has 2 heterocycles. The molecule has 2 saturated heterocycles.